The van der Waals surface area contributed by atoms with Gasteiger partial charge in [0, 0.05) is 19.2 Å². The van der Waals surface area contributed by atoms with Gasteiger partial charge in [-0.2, -0.15) is 4.31 Å². The number of aromatic nitrogens is 3. The topological polar surface area (TPSA) is 125 Å². The first-order valence-electron chi connectivity index (χ1n) is 9.84. The molecule has 0 fully saturated rings. The van der Waals surface area contributed by atoms with Gasteiger partial charge in [0.15, 0.2) is 6.61 Å². The molecule has 1 heterocycles. The summed E-state index contributed by atoms with van der Waals surface area (Å²) in [5, 5.41) is 10.5. The van der Waals surface area contributed by atoms with Gasteiger partial charge in [-0.15, -0.1) is 5.10 Å². The number of carbonyl (C=O) groups is 1. The number of hydrogen-bond donors (Lipinski definition) is 1. The first-order valence-corrected chi connectivity index (χ1v) is 11.3. The molecule has 0 aliphatic rings. The van der Waals surface area contributed by atoms with Crippen LogP contribution in [0.2, 0.25) is 0 Å². The van der Waals surface area contributed by atoms with Gasteiger partial charge < -0.3 is 19.6 Å². The number of nitrogens with one attached hydrogen (secondary N) is 1. The molecular weight excluding hydrogens is 438 g/mol. The van der Waals surface area contributed by atoms with E-state index in [2.05, 4.69) is 15.6 Å². The summed E-state index contributed by atoms with van der Waals surface area (Å²) < 4.78 is 37.3. The third-order valence-corrected chi connectivity index (χ3v) is 6.78. The van der Waals surface area contributed by atoms with Crippen molar-refractivity contribution in [3.05, 3.63) is 36.4 Å². The van der Waals surface area contributed by atoms with Gasteiger partial charge in [0.05, 0.1) is 24.8 Å². The Morgan fingerprint density at radius 3 is 2.50 bits per heavy atom. The summed E-state index contributed by atoms with van der Waals surface area (Å²) in [6, 6.07) is 9.40. The zero-order valence-electron chi connectivity index (χ0n) is 18.2. The Kier molecular flexibility index (Phi) is 7.15. The number of hydrogen-bond acceptors (Lipinski definition) is 8. The third kappa shape index (κ3) is 4.75. The molecule has 0 spiro atoms. The summed E-state index contributed by atoms with van der Waals surface area (Å²) in [6.07, 6.45) is 0. The van der Waals surface area contributed by atoms with Gasteiger partial charge in [-0.1, -0.05) is 18.7 Å². The first kappa shape index (κ1) is 23.3. The molecular formula is C20H25N5O6S. The van der Waals surface area contributed by atoms with Gasteiger partial charge in [0.2, 0.25) is 10.0 Å². The maximum absolute atomic E-state index is 12.8. The minimum absolute atomic E-state index is 0.0910. The van der Waals surface area contributed by atoms with E-state index in [0.717, 1.165) is 4.85 Å². The number of nitrogens with zero attached hydrogens (tertiary/aromatic N) is 4. The zero-order chi connectivity index (χ0) is 23.3. The second kappa shape index (κ2) is 9.83. The molecule has 0 bridgehead atoms. The van der Waals surface area contributed by atoms with E-state index < -0.39 is 15.9 Å². The molecule has 32 heavy (non-hydrogen) atoms. The number of benzene rings is 2. The van der Waals surface area contributed by atoms with Gasteiger partial charge in [-0.3, -0.25) is 4.79 Å². The van der Waals surface area contributed by atoms with Crippen molar-refractivity contribution in [1.82, 2.24) is 19.5 Å². The van der Waals surface area contributed by atoms with Crippen molar-refractivity contribution in [3.8, 4) is 11.5 Å². The number of sulfonamides is 1. The maximum Gasteiger partial charge on any atom is 0.265 e. The summed E-state index contributed by atoms with van der Waals surface area (Å²) in [6.45, 7) is 3.84. The van der Waals surface area contributed by atoms with Crippen molar-refractivity contribution in [2.45, 2.75) is 18.7 Å². The second-order valence-electron chi connectivity index (χ2n) is 6.59. The van der Waals surface area contributed by atoms with Crippen LogP contribution in [0.15, 0.2) is 41.3 Å². The molecule has 3 aromatic rings. The van der Waals surface area contributed by atoms with Crippen LogP contribution < -0.4 is 19.6 Å². The Labute approximate surface area is 185 Å². The highest BCUT2D eigenvalue weighted by Crippen LogP contribution is 2.29. The van der Waals surface area contributed by atoms with Crippen LogP contribution >= 0.6 is 0 Å². The highest BCUT2D eigenvalue weighted by Gasteiger charge is 2.23. The molecule has 1 amide bonds. The van der Waals surface area contributed by atoms with Gasteiger partial charge in [0.1, 0.15) is 22.5 Å². The van der Waals surface area contributed by atoms with Gasteiger partial charge >= 0.3 is 0 Å². The van der Waals surface area contributed by atoms with E-state index in [-0.39, 0.29) is 11.5 Å². The van der Waals surface area contributed by atoms with E-state index in [1.54, 1.807) is 38.1 Å². The molecule has 2 aromatic carbocycles. The lowest BCUT2D eigenvalue weighted by molar-refractivity contribution is -0.121. The van der Waals surface area contributed by atoms with Crippen molar-refractivity contribution in [1.29, 1.82) is 0 Å². The van der Waals surface area contributed by atoms with Crippen molar-refractivity contribution < 1.29 is 27.5 Å². The third-order valence-electron chi connectivity index (χ3n) is 4.73. The van der Waals surface area contributed by atoms with E-state index in [9.17, 15) is 13.2 Å². The Morgan fingerprint density at radius 2 is 1.84 bits per heavy atom. The number of anilines is 1. The van der Waals surface area contributed by atoms with Gasteiger partial charge in [-0.25, -0.2) is 8.42 Å². The Balaban J connectivity index is 1.76. The van der Waals surface area contributed by atoms with Crippen LogP contribution in [-0.2, 0) is 14.8 Å². The van der Waals surface area contributed by atoms with E-state index >= 15 is 0 Å². The molecule has 0 unspecified atom stereocenters. The van der Waals surface area contributed by atoms with E-state index in [0.29, 0.717) is 41.3 Å². The lowest BCUT2D eigenvalue weighted by Crippen LogP contribution is -2.30. The molecule has 0 aliphatic heterocycles. The molecule has 0 saturated heterocycles. The molecule has 3 rings (SSSR count). The molecule has 1 aromatic heterocycles. The number of carbonyl (C=O) groups excluding carboxylic acids is 1. The van der Waals surface area contributed by atoms with E-state index in [1.165, 1.54) is 30.7 Å². The average Bonchev–Trinajstić information content (AvgIpc) is 3.21. The summed E-state index contributed by atoms with van der Waals surface area (Å²) in [5.41, 5.74) is 1.20. The monoisotopic (exact) mass is 463 g/mol. The highest BCUT2D eigenvalue weighted by molar-refractivity contribution is 7.89. The summed E-state index contributed by atoms with van der Waals surface area (Å²) in [4.78, 5) is 18.9. The standard InChI is InChI=1S/C20H25N5O6S/c1-5-24(6-2)32(27,28)15-8-10-16-18(12-15)25(23-22-16)31-13-20(26)21-17-9-7-14(29-3)11-19(17)30-4/h7-12H,5-6,13H2,1-4H3,(H,21,26). The van der Waals surface area contributed by atoms with Crippen LogP contribution in [0.1, 0.15) is 13.8 Å². The average molecular weight is 464 g/mol. The van der Waals surface area contributed by atoms with Crippen molar-refractivity contribution in [2.75, 3.05) is 39.2 Å². The molecule has 172 valence electrons. The van der Waals surface area contributed by atoms with Crippen LogP contribution in [0.4, 0.5) is 5.69 Å². The number of fused-ring (bicyclic) bond motifs is 1. The molecule has 0 atom stereocenters. The van der Waals surface area contributed by atoms with Gasteiger partial charge in [0.25, 0.3) is 5.91 Å². The molecule has 1 N–H and O–H groups in total. The fraction of sp³-hybridized carbons (Fsp3) is 0.350. The quantitative estimate of drug-likeness (QED) is 0.480. The Morgan fingerprint density at radius 1 is 1.09 bits per heavy atom. The minimum atomic E-state index is -3.67. The predicted molar refractivity (Wildman–Crippen MR) is 117 cm³/mol. The van der Waals surface area contributed by atoms with Crippen molar-refractivity contribution in [3.63, 3.8) is 0 Å². The van der Waals surface area contributed by atoms with Crippen LogP contribution in [-0.4, -0.2) is 67.7 Å². The largest absolute Gasteiger partial charge is 0.497 e. The maximum atomic E-state index is 12.8. The SMILES string of the molecule is CCN(CC)S(=O)(=O)c1ccc2nnn(OCC(=O)Nc3ccc(OC)cc3OC)c2c1. The summed E-state index contributed by atoms with van der Waals surface area (Å²) in [7, 11) is -0.659. The number of methoxy groups -OCH3 is 2. The smallest absolute Gasteiger partial charge is 0.265 e. The molecule has 11 nitrogen and oxygen atoms in total. The second-order valence-corrected chi connectivity index (χ2v) is 8.53. The number of rotatable bonds is 10. The van der Waals surface area contributed by atoms with E-state index in [4.69, 9.17) is 14.3 Å². The summed E-state index contributed by atoms with van der Waals surface area (Å²) in [5.74, 6) is 0.542. The highest BCUT2D eigenvalue weighted by atomic mass is 32.2. The summed E-state index contributed by atoms with van der Waals surface area (Å²) >= 11 is 0. The minimum Gasteiger partial charge on any atom is -0.497 e. The normalized spacial score (nSPS) is 11.5. The fourth-order valence-corrected chi connectivity index (χ4v) is 4.53. The van der Waals surface area contributed by atoms with Crippen LogP contribution in [0.5, 0.6) is 11.5 Å². The van der Waals surface area contributed by atoms with Gasteiger partial charge in [-0.05, 0) is 35.5 Å². The van der Waals surface area contributed by atoms with Crippen LogP contribution in [0.3, 0.4) is 0 Å². The predicted octanol–water partition coefficient (Wildman–Crippen LogP) is 1.55. The fourth-order valence-electron chi connectivity index (χ4n) is 3.05. The molecule has 12 heteroatoms. The lowest BCUT2D eigenvalue weighted by Gasteiger charge is -2.18. The van der Waals surface area contributed by atoms with Crippen LogP contribution in [0, 0.1) is 0 Å². The van der Waals surface area contributed by atoms with E-state index in [1.807, 2.05) is 0 Å². The zero-order valence-corrected chi connectivity index (χ0v) is 19.0. The van der Waals surface area contributed by atoms with Crippen LogP contribution in [0.25, 0.3) is 11.0 Å². The molecule has 0 aliphatic carbocycles. The van der Waals surface area contributed by atoms with Crippen molar-refractivity contribution in [2.24, 2.45) is 0 Å². The van der Waals surface area contributed by atoms with Crippen molar-refractivity contribution >= 4 is 32.7 Å². The lowest BCUT2D eigenvalue weighted by atomic mass is 10.2. The molecule has 0 saturated carbocycles. The number of amides is 1. The first-order chi connectivity index (χ1) is 15.3. The molecule has 0 radical (unpaired) electrons. The number of ether oxygens (including phenoxy) is 2. The Bertz CT molecular complexity index is 1210. The Hall–Kier alpha value is -3.38.